The van der Waals surface area contributed by atoms with Crippen LogP contribution in [-0.4, -0.2) is 49.2 Å². The highest BCUT2D eigenvalue weighted by Crippen LogP contribution is 2.26. The number of aromatic nitrogens is 2. The van der Waals surface area contributed by atoms with Crippen molar-refractivity contribution in [1.29, 1.82) is 0 Å². The number of hydrogen-bond donors (Lipinski definition) is 2. The maximum absolute atomic E-state index is 14.5. The van der Waals surface area contributed by atoms with Crippen LogP contribution >= 0.6 is 0 Å². The molecule has 1 aromatic heterocycles. The molecule has 0 spiro atoms. The fraction of sp³-hybridized carbons (Fsp3) is 0.200. The molecular weight excluding hydrogens is 489 g/mol. The summed E-state index contributed by atoms with van der Waals surface area (Å²) in [6, 6.07) is 13.8. The van der Waals surface area contributed by atoms with E-state index in [1.54, 1.807) is 26.0 Å². The molecule has 11 nitrogen and oxygen atoms in total. The fourth-order valence-corrected chi connectivity index (χ4v) is 3.17. The van der Waals surface area contributed by atoms with Gasteiger partial charge in [0.05, 0.1) is 5.92 Å². The molecule has 0 radical (unpaired) electrons. The van der Waals surface area contributed by atoms with Crippen LogP contribution in [-0.2, 0) is 25.7 Å². The zero-order valence-electron chi connectivity index (χ0n) is 19.9. The topological polar surface area (TPSA) is 162 Å². The Morgan fingerprint density at radius 2 is 1.76 bits per heavy atom. The van der Waals surface area contributed by atoms with Gasteiger partial charge < -0.3 is 25.1 Å². The number of benzene rings is 2. The number of rotatable bonds is 9. The monoisotopic (exact) mass is 513 g/mol. The predicted octanol–water partition coefficient (Wildman–Crippen LogP) is 3.96. The van der Waals surface area contributed by atoms with Gasteiger partial charge in [-0.05, 0) is 29.0 Å². The van der Waals surface area contributed by atoms with Gasteiger partial charge in [-0.15, -0.1) is 0 Å². The first-order chi connectivity index (χ1) is 17.5. The average molecular weight is 513 g/mol. The smallest absolute Gasteiger partial charge is 0.342 e. The lowest BCUT2D eigenvalue weighted by Crippen LogP contribution is -2.17. The van der Waals surface area contributed by atoms with Crippen LogP contribution in [0, 0.1) is 22.9 Å². The molecule has 0 saturated heterocycles. The van der Waals surface area contributed by atoms with E-state index in [0.29, 0.717) is 29.1 Å². The standard InChI is InChI=1S/C21H20FN3O4.C4H4O4/c1-14(17-8-9-18(19(22)12-17)16-6-4-3-5-7-16)21(26)29-11-10-24-15(2)23-13-20(24)25(27)28;5-3(6)1-2-4(7)8/h3-9,12-14H,10-11H2,1-2H3;1-2H,(H,5,6)(H,7,8)/b;2-1+/t14-;/m0./s1. The number of carbonyl (C=O) groups excluding carboxylic acids is 1. The molecule has 1 heterocycles. The summed E-state index contributed by atoms with van der Waals surface area (Å²) < 4.78 is 21.1. The molecular formula is C25H24FN3O8. The van der Waals surface area contributed by atoms with Crippen molar-refractivity contribution in [2.75, 3.05) is 6.61 Å². The minimum atomic E-state index is -1.26. The van der Waals surface area contributed by atoms with Crippen molar-refractivity contribution in [2.24, 2.45) is 0 Å². The normalized spacial score (nSPS) is 11.3. The number of carbonyl (C=O) groups is 3. The Hall–Kier alpha value is -4.87. The first kappa shape index (κ1) is 28.4. The molecule has 37 heavy (non-hydrogen) atoms. The van der Waals surface area contributed by atoms with Gasteiger partial charge in [-0.2, -0.15) is 0 Å². The molecule has 194 valence electrons. The highest BCUT2D eigenvalue weighted by Gasteiger charge is 2.21. The van der Waals surface area contributed by atoms with Crippen LogP contribution < -0.4 is 0 Å². The van der Waals surface area contributed by atoms with E-state index in [4.69, 9.17) is 14.9 Å². The molecule has 0 amide bonds. The van der Waals surface area contributed by atoms with Crippen LogP contribution in [0.15, 0.2) is 66.9 Å². The molecule has 3 rings (SSSR count). The van der Waals surface area contributed by atoms with E-state index in [0.717, 1.165) is 11.8 Å². The highest BCUT2D eigenvalue weighted by atomic mass is 19.1. The first-order valence-corrected chi connectivity index (χ1v) is 10.8. The Kier molecular flexibility index (Phi) is 10.2. The highest BCUT2D eigenvalue weighted by molar-refractivity contribution is 5.89. The van der Waals surface area contributed by atoms with Gasteiger partial charge in [0.25, 0.3) is 0 Å². The van der Waals surface area contributed by atoms with Crippen molar-refractivity contribution in [3.8, 4) is 11.1 Å². The second kappa shape index (κ2) is 13.3. The quantitative estimate of drug-likeness (QED) is 0.187. The van der Waals surface area contributed by atoms with Crippen LogP contribution in [0.1, 0.15) is 24.2 Å². The van der Waals surface area contributed by atoms with Crippen LogP contribution in [0.4, 0.5) is 10.2 Å². The van der Waals surface area contributed by atoms with Gasteiger partial charge in [0.15, 0.2) is 5.82 Å². The third kappa shape index (κ3) is 8.38. The van der Waals surface area contributed by atoms with Crippen molar-refractivity contribution in [2.45, 2.75) is 26.3 Å². The summed E-state index contributed by atoms with van der Waals surface area (Å²) in [7, 11) is 0. The van der Waals surface area contributed by atoms with Crippen molar-refractivity contribution in [1.82, 2.24) is 9.55 Å². The lowest BCUT2D eigenvalue weighted by Gasteiger charge is -2.13. The molecule has 2 N–H and O–H groups in total. The van der Waals surface area contributed by atoms with Gasteiger partial charge in [0, 0.05) is 24.6 Å². The number of carboxylic acids is 2. The number of nitro groups is 1. The summed E-state index contributed by atoms with van der Waals surface area (Å²) >= 11 is 0. The number of nitrogens with zero attached hydrogens (tertiary/aromatic N) is 3. The van der Waals surface area contributed by atoms with Gasteiger partial charge >= 0.3 is 23.7 Å². The SMILES string of the molecule is Cc1ncc([N+](=O)[O-])n1CCOC(=O)[C@@H](C)c1ccc(-c2ccccc2)c(F)c1.O=C(O)/C=C/C(=O)O. The maximum atomic E-state index is 14.5. The van der Waals surface area contributed by atoms with Crippen LogP contribution in [0.3, 0.4) is 0 Å². The summed E-state index contributed by atoms with van der Waals surface area (Å²) in [5.74, 6) is -3.84. The Bertz CT molecular complexity index is 1290. The summed E-state index contributed by atoms with van der Waals surface area (Å²) in [6.07, 6.45) is 2.28. The van der Waals surface area contributed by atoms with Gasteiger partial charge in [0.1, 0.15) is 25.2 Å². The number of aryl methyl sites for hydroxylation is 1. The first-order valence-electron chi connectivity index (χ1n) is 10.8. The molecule has 0 fully saturated rings. The lowest BCUT2D eigenvalue weighted by molar-refractivity contribution is -0.392. The van der Waals surface area contributed by atoms with Crippen LogP contribution in [0.5, 0.6) is 0 Å². The molecule has 0 unspecified atom stereocenters. The number of carboxylic acid groups (broad SMARTS) is 2. The van der Waals surface area contributed by atoms with E-state index in [-0.39, 0.29) is 19.0 Å². The molecule has 0 aliphatic heterocycles. The zero-order chi connectivity index (χ0) is 27.5. The molecule has 0 saturated carbocycles. The molecule has 0 bridgehead atoms. The molecule has 2 aromatic carbocycles. The van der Waals surface area contributed by atoms with E-state index in [1.165, 1.54) is 10.6 Å². The zero-order valence-corrected chi connectivity index (χ0v) is 19.9. The molecule has 0 aliphatic carbocycles. The maximum Gasteiger partial charge on any atom is 0.342 e. The number of aliphatic carboxylic acids is 2. The number of ether oxygens (including phenoxy) is 1. The van der Waals surface area contributed by atoms with Gasteiger partial charge in [-0.25, -0.2) is 23.5 Å². The summed E-state index contributed by atoms with van der Waals surface area (Å²) in [6.45, 7) is 3.33. The number of hydrogen-bond acceptors (Lipinski definition) is 7. The van der Waals surface area contributed by atoms with E-state index < -0.39 is 34.6 Å². The fourth-order valence-electron chi connectivity index (χ4n) is 3.17. The minimum absolute atomic E-state index is 0.0498. The number of imidazole rings is 1. The third-order valence-corrected chi connectivity index (χ3v) is 5.08. The number of esters is 1. The average Bonchev–Trinajstić information content (AvgIpc) is 3.23. The largest absolute Gasteiger partial charge is 0.478 e. The molecule has 12 heteroatoms. The molecule has 0 aliphatic rings. The van der Waals surface area contributed by atoms with Gasteiger partial charge in [-0.1, -0.05) is 42.5 Å². The van der Waals surface area contributed by atoms with Gasteiger partial charge in [-0.3, -0.25) is 4.79 Å². The van der Waals surface area contributed by atoms with E-state index in [1.807, 2.05) is 30.3 Å². The van der Waals surface area contributed by atoms with Crippen molar-refractivity contribution in [3.63, 3.8) is 0 Å². The van der Waals surface area contributed by atoms with Crippen molar-refractivity contribution >= 4 is 23.7 Å². The van der Waals surface area contributed by atoms with E-state index in [9.17, 15) is 28.9 Å². The third-order valence-electron chi connectivity index (χ3n) is 5.08. The van der Waals surface area contributed by atoms with Crippen LogP contribution in [0.2, 0.25) is 0 Å². The van der Waals surface area contributed by atoms with Crippen LogP contribution in [0.25, 0.3) is 11.1 Å². The minimum Gasteiger partial charge on any atom is -0.478 e. The molecule has 1 atom stereocenters. The molecule has 3 aromatic rings. The second-order valence-corrected chi connectivity index (χ2v) is 7.58. The Labute approximate surface area is 210 Å². The summed E-state index contributed by atoms with van der Waals surface area (Å²) in [4.78, 5) is 45.8. The van der Waals surface area contributed by atoms with E-state index in [2.05, 4.69) is 4.98 Å². The van der Waals surface area contributed by atoms with Crippen molar-refractivity contribution in [3.05, 3.63) is 94.2 Å². The van der Waals surface area contributed by atoms with E-state index >= 15 is 0 Å². The summed E-state index contributed by atoms with van der Waals surface area (Å²) in [5, 5.41) is 26.6. The lowest BCUT2D eigenvalue weighted by atomic mass is 9.97. The number of halogens is 1. The second-order valence-electron chi connectivity index (χ2n) is 7.58. The predicted molar refractivity (Wildman–Crippen MR) is 129 cm³/mol. The Morgan fingerprint density at radius 3 is 2.30 bits per heavy atom. The summed E-state index contributed by atoms with van der Waals surface area (Å²) in [5.41, 5.74) is 1.71. The van der Waals surface area contributed by atoms with Gasteiger partial charge in [0.2, 0.25) is 0 Å². The van der Waals surface area contributed by atoms with Crippen molar-refractivity contribution < 1.29 is 38.6 Å². The Morgan fingerprint density at radius 1 is 1.14 bits per heavy atom. The Balaban J connectivity index is 0.000000521.